The molecule has 268 valence electrons. The minimum Gasteiger partial charge on any atom is -0.458 e. The molecule has 0 N–H and O–H groups in total. The molecule has 57 heavy (non-hydrogen) atoms. The van der Waals surface area contributed by atoms with E-state index in [2.05, 4.69) is 209 Å². The predicted molar refractivity (Wildman–Crippen MR) is 236 cm³/mol. The summed E-state index contributed by atoms with van der Waals surface area (Å²) in [5.41, 5.74) is 16.1. The van der Waals surface area contributed by atoms with Gasteiger partial charge < -0.3 is 23.5 Å². The zero-order chi connectivity index (χ0) is 37.6. The Morgan fingerprint density at radius 2 is 1.09 bits per heavy atom. The van der Waals surface area contributed by atoms with E-state index in [9.17, 15) is 0 Å². The monoisotopic (exact) mass is 731 g/mol. The zero-order valence-electron chi connectivity index (χ0n) is 31.1. The number of aromatic nitrogens is 1. The first kappa shape index (κ1) is 31.9. The van der Waals surface area contributed by atoms with Gasteiger partial charge in [-0.1, -0.05) is 97.1 Å². The van der Waals surface area contributed by atoms with Crippen LogP contribution in [-0.2, 0) is 0 Å². The summed E-state index contributed by atoms with van der Waals surface area (Å²) in [6.07, 6.45) is 0. The van der Waals surface area contributed by atoms with Crippen molar-refractivity contribution in [3.8, 4) is 17.2 Å². The molecule has 4 heterocycles. The van der Waals surface area contributed by atoms with Crippen molar-refractivity contribution in [1.29, 1.82) is 0 Å². The summed E-state index contributed by atoms with van der Waals surface area (Å²) >= 11 is 0. The summed E-state index contributed by atoms with van der Waals surface area (Å²) in [5, 5.41) is 2.13. The van der Waals surface area contributed by atoms with E-state index in [1.807, 2.05) is 0 Å². The number of hydrogen-bond donors (Lipinski definition) is 0. The first-order valence-electron chi connectivity index (χ1n) is 19.5. The summed E-state index contributed by atoms with van der Waals surface area (Å²) in [5.74, 6) is 1.81. The smallest absolute Gasteiger partial charge is 0.256 e. The normalized spacial score (nSPS) is 12.4. The zero-order valence-corrected chi connectivity index (χ0v) is 31.1. The second-order valence-corrected chi connectivity index (χ2v) is 15.0. The lowest BCUT2D eigenvalue weighted by Crippen LogP contribution is -2.58. The fourth-order valence-corrected chi connectivity index (χ4v) is 9.33. The molecule has 12 rings (SSSR count). The van der Waals surface area contributed by atoms with E-state index < -0.39 is 0 Å². The van der Waals surface area contributed by atoms with Crippen LogP contribution in [0.1, 0.15) is 5.56 Å². The minimum absolute atomic E-state index is 0.00586. The number of anilines is 6. The first-order valence-corrected chi connectivity index (χ1v) is 19.5. The Hall–Kier alpha value is -7.44. The Balaban J connectivity index is 1.20. The van der Waals surface area contributed by atoms with Crippen molar-refractivity contribution in [2.45, 2.75) is 6.92 Å². The van der Waals surface area contributed by atoms with Crippen LogP contribution in [0.15, 0.2) is 192 Å². The number of furan rings is 1. The highest BCUT2D eigenvalue weighted by atomic mass is 16.5. The third-order valence-electron chi connectivity index (χ3n) is 11.6. The summed E-state index contributed by atoms with van der Waals surface area (Å²) < 4.78 is 16.5. The Labute approximate surface area is 330 Å². The molecule has 0 amide bonds. The number of nitrogens with zero attached hydrogens (tertiary/aromatic N) is 3. The molecule has 2 aliphatic rings. The van der Waals surface area contributed by atoms with Gasteiger partial charge in [0.2, 0.25) is 0 Å². The summed E-state index contributed by atoms with van der Waals surface area (Å²) in [6, 6.07) is 66.6. The van der Waals surface area contributed by atoms with Gasteiger partial charge in [0.25, 0.3) is 6.71 Å². The lowest BCUT2D eigenvalue weighted by Gasteiger charge is -2.34. The Kier molecular flexibility index (Phi) is 6.87. The first-order chi connectivity index (χ1) is 28.2. The molecule has 0 saturated heterocycles. The Morgan fingerprint density at radius 3 is 1.74 bits per heavy atom. The predicted octanol–water partition coefficient (Wildman–Crippen LogP) is 11.7. The van der Waals surface area contributed by atoms with Gasteiger partial charge in [0, 0.05) is 45.6 Å². The van der Waals surface area contributed by atoms with Crippen LogP contribution >= 0.6 is 0 Å². The van der Waals surface area contributed by atoms with Crippen LogP contribution in [-0.4, -0.2) is 11.3 Å². The van der Waals surface area contributed by atoms with E-state index in [1.165, 1.54) is 16.4 Å². The van der Waals surface area contributed by atoms with Crippen molar-refractivity contribution in [3.63, 3.8) is 0 Å². The van der Waals surface area contributed by atoms with Crippen molar-refractivity contribution in [2.75, 3.05) is 9.80 Å². The van der Waals surface area contributed by atoms with Crippen molar-refractivity contribution >= 4 is 90.2 Å². The molecular weight excluding hydrogens is 697 g/mol. The molecule has 2 aliphatic heterocycles. The van der Waals surface area contributed by atoms with Gasteiger partial charge in [0.05, 0.1) is 16.6 Å². The molecule has 0 aliphatic carbocycles. The van der Waals surface area contributed by atoms with Crippen LogP contribution in [0.2, 0.25) is 0 Å². The van der Waals surface area contributed by atoms with Crippen LogP contribution in [0.3, 0.4) is 0 Å². The van der Waals surface area contributed by atoms with E-state index in [0.717, 1.165) is 89.8 Å². The SMILES string of the molecule is Cc1cc2c3c(c1)-n1c4c(ccc(N(c5ccccc5)c5ccccc5)c4c4oc5cc(N(c6ccccc6)c6ccccc6)ccc5c41)B3c1ccccc1O2. The topological polar surface area (TPSA) is 33.8 Å². The fraction of sp³-hybridized carbons (Fsp3) is 0.0196. The molecule has 6 heteroatoms. The Morgan fingerprint density at radius 1 is 0.491 bits per heavy atom. The van der Waals surface area contributed by atoms with Crippen molar-refractivity contribution in [1.82, 2.24) is 4.57 Å². The molecule has 0 fully saturated rings. The molecule has 0 bridgehead atoms. The van der Waals surface area contributed by atoms with Crippen molar-refractivity contribution in [2.24, 2.45) is 0 Å². The van der Waals surface area contributed by atoms with E-state index in [-0.39, 0.29) is 6.71 Å². The highest BCUT2D eigenvalue weighted by Crippen LogP contribution is 2.48. The lowest BCUT2D eigenvalue weighted by molar-refractivity contribution is 0.487. The van der Waals surface area contributed by atoms with E-state index >= 15 is 0 Å². The number of benzene rings is 8. The summed E-state index contributed by atoms with van der Waals surface area (Å²) in [6.45, 7) is 2.15. The molecule has 10 aromatic rings. The number of para-hydroxylation sites is 5. The van der Waals surface area contributed by atoms with Crippen LogP contribution in [0.5, 0.6) is 11.5 Å². The maximum atomic E-state index is 7.28. The number of aryl methyl sites for hydroxylation is 1. The fourth-order valence-electron chi connectivity index (χ4n) is 9.33. The summed E-state index contributed by atoms with van der Waals surface area (Å²) in [7, 11) is 0. The number of fused-ring (bicyclic) bond motifs is 9. The highest BCUT2D eigenvalue weighted by molar-refractivity contribution is 6.99. The molecule has 2 aromatic heterocycles. The van der Waals surface area contributed by atoms with Gasteiger partial charge in [-0.3, -0.25) is 0 Å². The van der Waals surface area contributed by atoms with E-state index in [1.54, 1.807) is 0 Å². The molecule has 0 radical (unpaired) electrons. The van der Waals surface area contributed by atoms with E-state index in [4.69, 9.17) is 9.15 Å². The van der Waals surface area contributed by atoms with Gasteiger partial charge in [0.15, 0.2) is 5.58 Å². The second kappa shape index (κ2) is 12.3. The Bertz CT molecular complexity index is 3100. The molecule has 5 nitrogen and oxygen atoms in total. The average Bonchev–Trinajstić information content (AvgIpc) is 3.79. The van der Waals surface area contributed by atoms with Gasteiger partial charge in [-0.05, 0) is 114 Å². The van der Waals surface area contributed by atoms with E-state index in [0.29, 0.717) is 0 Å². The quantitative estimate of drug-likeness (QED) is 0.160. The van der Waals surface area contributed by atoms with Crippen molar-refractivity contribution in [3.05, 3.63) is 194 Å². The van der Waals surface area contributed by atoms with Crippen LogP contribution in [0.25, 0.3) is 38.7 Å². The van der Waals surface area contributed by atoms with Crippen LogP contribution in [0.4, 0.5) is 34.1 Å². The maximum Gasteiger partial charge on any atom is 0.256 e. The summed E-state index contributed by atoms with van der Waals surface area (Å²) in [4.78, 5) is 4.65. The maximum absolute atomic E-state index is 7.28. The molecule has 0 atom stereocenters. The van der Waals surface area contributed by atoms with Gasteiger partial charge >= 0.3 is 0 Å². The van der Waals surface area contributed by atoms with Crippen molar-refractivity contribution < 1.29 is 9.15 Å². The standard InChI is InChI=1S/C51H34BN3O2/c1-33-30-43-48-46(31-33)56-44-25-15-14-24-40(44)52(48)41-28-29-42(54(36-20-10-4-11-21-36)37-22-12-5-13-23-37)47-50(41)55(43)49-39-27-26-38(32-45(39)57-51(47)49)53(34-16-6-2-7-17-34)35-18-8-3-9-19-35/h2-32H,1H3. The average molecular weight is 732 g/mol. The minimum atomic E-state index is -0.00586. The van der Waals surface area contributed by atoms with Gasteiger partial charge in [0.1, 0.15) is 22.6 Å². The van der Waals surface area contributed by atoms with Gasteiger partial charge in [-0.15, -0.1) is 0 Å². The van der Waals surface area contributed by atoms with Crippen LogP contribution in [0, 0.1) is 6.92 Å². The third kappa shape index (κ3) is 4.71. The largest absolute Gasteiger partial charge is 0.458 e. The number of hydrogen-bond acceptors (Lipinski definition) is 4. The highest BCUT2D eigenvalue weighted by Gasteiger charge is 2.42. The molecule has 0 saturated carbocycles. The second-order valence-electron chi connectivity index (χ2n) is 15.0. The van der Waals surface area contributed by atoms with Gasteiger partial charge in [-0.2, -0.15) is 0 Å². The third-order valence-corrected chi connectivity index (χ3v) is 11.6. The molecule has 0 unspecified atom stereocenters. The number of ether oxygens (including phenoxy) is 1. The lowest BCUT2D eigenvalue weighted by atomic mass is 9.34. The molecule has 0 spiro atoms. The molecule has 8 aromatic carbocycles. The van der Waals surface area contributed by atoms with Gasteiger partial charge in [-0.25, -0.2) is 0 Å². The number of rotatable bonds is 6. The van der Waals surface area contributed by atoms with Crippen LogP contribution < -0.4 is 30.9 Å². The molecular formula is C51H34BN3O2.